The van der Waals surface area contributed by atoms with Gasteiger partial charge in [0, 0.05) is 12.1 Å². The highest BCUT2D eigenvalue weighted by atomic mass is 15.1. The Morgan fingerprint density at radius 1 is 1.40 bits per heavy atom. The Hall–Kier alpha value is -0.810. The van der Waals surface area contributed by atoms with Crippen LogP contribution in [0.1, 0.15) is 33.6 Å². The van der Waals surface area contributed by atoms with Crippen molar-refractivity contribution in [1.82, 2.24) is 4.90 Å². The van der Waals surface area contributed by atoms with Crippen LogP contribution in [0.5, 0.6) is 0 Å². The Balaban J connectivity index is 2.37. The molecule has 2 nitrogen and oxygen atoms in total. The number of likely N-dealkylation sites (tertiary alicyclic amines) is 1. The molecule has 1 aliphatic rings. The van der Waals surface area contributed by atoms with E-state index in [1.807, 2.05) is 0 Å². The van der Waals surface area contributed by atoms with Crippen LogP contribution in [-0.2, 0) is 0 Å². The number of nitriles is 1. The summed E-state index contributed by atoms with van der Waals surface area (Å²) in [5, 5.41) is 8.67. The highest BCUT2D eigenvalue weighted by Crippen LogP contribution is 2.34. The molecule has 0 radical (unpaired) electrons. The summed E-state index contributed by atoms with van der Waals surface area (Å²) >= 11 is 0. The SMILES string of the molecule is C=C(C#N)CN1CCC(C(C)(C)C)CC1. The van der Waals surface area contributed by atoms with Gasteiger partial charge >= 0.3 is 0 Å². The fourth-order valence-corrected chi connectivity index (χ4v) is 2.26. The molecule has 0 spiro atoms. The molecule has 1 rings (SSSR count). The third-order valence-corrected chi connectivity index (χ3v) is 3.38. The molecule has 1 saturated heterocycles. The summed E-state index contributed by atoms with van der Waals surface area (Å²) in [5.41, 5.74) is 1.11. The highest BCUT2D eigenvalue weighted by Gasteiger charge is 2.28. The fraction of sp³-hybridized carbons (Fsp3) is 0.769. The predicted octanol–water partition coefficient (Wildman–Crippen LogP) is 2.82. The van der Waals surface area contributed by atoms with E-state index in [4.69, 9.17) is 5.26 Å². The number of hydrogen-bond donors (Lipinski definition) is 0. The number of rotatable bonds is 2. The number of piperidine rings is 1. The van der Waals surface area contributed by atoms with Crippen LogP contribution in [0.25, 0.3) is 0 Å². The van der Waals surface area contributed by atoms with Gasteiger partial charge < -0.3 is 0 Å². The van der Waals surface area contributed by atoms with Crippen LogP contribution in [0.15, 0.2) is 12.2 Å². The maximum atomic E-state index is 8.67. The van der Waals surface area contributed by atoms with E-state index in [-0.39, 0.29) is 0 Å². The Morgan fingerprint density at radius 3 is 2.33 bits per heavy atom. The van der Waals surface area contributed by atoms with Crippen LogP contribution in [0.4, 0.5) is 0 Å². The third-order valence-electron chi connectivity index (χ3n) is 3.38. The van der Waals surface area contributed by atoms with Gasteiger partial charge in [0.2, 0.25) is 0 Å². The molecule has 0 amide bonds. The van der Waals surface area contributed by atoms with Gasteiger partial charge in [-0.3, -0.25) is 4.90 Å². The van der Waals surface area contributed by atoms with Gasteiger partial charge in [-0.05, 0) is 37.3 Å². The molecule has 0 saturated carbocycles. The van der Waals surface area contributed by atoms with Gasteiger partial charge in [0.25, 0.3) is 0 Å². The molecule has 1 fully saturated rings. The fourth-order valence-electron chi connectivity index (χ4n) is 2.26. The van der Waals surface area contributed by atoms with E-state index in [1.54, 1.807) is 0 Å². The lowest BCUT2D eigenvalue weighted by atomic mass is 9.75. The highest BCUT2D eigenvalue weighted by molar-refractivity contribution is 5.17. The maximum Gasteiger partial charge on any atom is 0.0954 e. The molecule has 0 unspecified atom stereocenters. The zero-order valence-corrected chi connectivity index (χ0v) is 10.2. The van der Waals surface area contributed by atoms with Gasteiger partial charge in [-0.25, -0.2) is 0 Å². The lowest BCUT2D eigenvalue weighted by Crippen LogP contribution is -2.38. The largest absolute Gasteiger partial charge is 0.298 e. The minimum Gasteiger partial charge on any atom is -0.298 e. The molecule has 2 heteroatoms. The summed E-state index contributed by atoms with van der Waals surface area (Å²) in [4.78, 5) is 2.34. The predicted molar refractivity (Wildman–Crippen MR) is 63.4 cm³/mol. The molecule has 0 aromatic rings. The summed E-state index contributed by atoms with van der Waals surface area (Å²) in [6.07, 6.45) is 2.50. The van der Waals surface area contributed by atoms with Crippen molar-refractivity contribution in [2.24, 2.45) is 11.3 Å². The minimum atomic E-state index is 0.429. The van der Waals surface area contributed by atoms with Crippen LogP contribution < -0.4 is 0 Å². The molecule has 0 N–H and O–H groups in total. The van der Waals surface area contributed by atoms with Crippen molar-refractivity contribution >= 4 is 0 Å². The summed E-state index contributed by atoms with van der Waals surface area (Å²) in [6, 6.07) is 2.12. The monoisotopic (exact) mass is 206 g/mol. The molecule has 1 aliphatic heterocycles. The minimum absolute atomic E-state index is 0.429. The molecule has 1 heterocycles. The zero-order chi connectivity index (χ0) is 11.5. The molecule has 0 atom stereocenters. The molecule has 0 aromatic carbocycles. The molecule has 15 heavy (non-hydrogen) atoms. The van der Waals surface area contributed by atoms with Crippen LogP contribution in [0.3, 0.4) is 0 Å². The average Bonchev–Trinajstić information content (AvgIpc) is 2.17. The van der Waals surface area contributed by atoms with Crippen LogP contribution >= 0.6 is 0 Å². The van der Waals surface area contributed by atoms with Crippen LogP contribution in [0, 0.1) is 22.7 Å². The van der Waals surface area contributed by atoms with Crippen molar-refractivity contribution in [3.05, 3.63) is 12.2 Å². The van der Waals surface area contributed by atoms with E-state index in [0.29, 0.717) is 11.0 Å². The first kappa shape index (κ1) is 12.3. The summed E-state index contributed by atoms with van der Waals surface area (Å²) in [6.45, 7) is 13.7. The lowest BCUT2D eigenvalue weighted by Gasteiger charge is -2.38. The normalized spacial score (nSPS) is 19.9. The Bertz CT molecular complexity index is 259. The lowest BCUT2D eigenvalue weighted by molar-refractivity contribution is 0.119. The molecule has 84 valence electrons. The standard InChI is InChI=1S/C13H22N2/c1-11(9-14)10-15-7-5-12(6-8-15)13(2,3)4/h12H,1,5-8,10H2,2-4H3. The van der Waals surface area contributed by atoms with Crippen LogP contribution in [-0.4, -0.2) is 24.5 Å². The van der Waals surface area contributed by atoms with E-state index < -0.39 is 0 Å². The van der Waals surface area contributed by atoms with Crippen molar-refractivity contribution < 1.29 is 0 Å². The Kier molecular flexibility index (Phi) is 3.93. The topological polar surface area (TPSA) is 27.0 Å². The van der Waals surface area contributed by atoms with Gasteiger partial charge in [0.15, 0.2) is 0 Å². The third kappa shape index (κ3) is 3.68. The first-order valence-corrected chi connectivity index (χ1v) is 5.73. The molecule has 0 bridgehead atoms. The zero-order valence-electron chi connectivity index (χ0n) is 10.2. The second kappa shape index (κ2) is 4.81. The van der Waals surface area contributed by atoms with Gasteiger partial charge in [-0.15, -0.1) is 0 Å². The van der Waals surface area contributed by atoms with Crippen molar-refractivity contribution in [3.8, 4) is 6.07 Å². The Labute approximate surface area is 93.6 Å². The molecule has 0 aromatic heterocycles. The summed E-state index contributed by atoms with van der Waals surface area (Å²) in [5.74, 6) is 0.823. The van der Waals surface area contributed by atoms with Crippen molar-refractivity contribution in [2.75, 3.05) is 19.6 Å². The van der Waals surface area contributed by atoms with Gasteiger partial charge in [-0.2, -0.15) is 5.26 Å². The number of nitrogens with zero attached hydrogens (tertiary/aromatic N) is 2. The van der Waals surface area contributed by atoms with Gasteiger partial charge in [0.1, 0.15) is 0 Å². The van der Waals surface area contributed by atoms with E-state index in [0.717, 1.165) is 25.6 Å². The Morgan fingerprint density at radius 2 is 1.93 bits per heavy atom. The maximum absolute atomic E-state index is 8.67. The van der Waals surface area contributed by atoms with Crippen molar-refractivity contribution in [1.29, 1.82) is 5.26 Å². The van der Waals surface area contributed by atoms with E-state index >= 15 is 0 Å². The summed E-state index contributed by atoms with van der Waals surface area (Å²) in [7, 11) is 0. The number of hydrogen-bond acceptors (Lipinski definition) is 2. The summed E-state index contributed by atoms with van der Waals surface area (Å²) < 4.78 is 0. The van der Waals surface area contributed by atoms with E-state index in [9.17, 15) is 0 Å². The first-order chi connectivity index (χ1) is 6.93. The second-order valence-electron chi connectivity index (χ2n) is 5.63. The van der Waals surface area contributed by atoms with Crippen molar-refractivity contribution in [3.63, 3.8) is 0 Å². The molecule has 0 aliphatic carbocycles. The van der Waals surface area contributed by atoms with Gasteiger partial charge in [0.05, 0.1) is 6.07 Å². The average molecular weight is 206 g/mol. The first-order valence-electron chi connectivity index (χ1n) is 5.73. The molecular formula is C13H22N2. The smallest absolute Gasteiger partial charge is 0.0954 e. The van der Waals surface area contributed by atoms with Gasteiger partial charge in [-0.1, -0.05) is 27.4 Å². The van der Waals surface area contributed by atoms with E-state index in [1.165, 1.54) is 12.8 Å². The van der Waals surface area contributed by atoms with E-state index in [2.05, 4.69) is 38.3 Å². The van der Waals surface area contributed by atoms with Crippen molar-refractivity contribution in [2.45, 2.75) is 33.6 Å². The molecular weight excluding hydrogens is 184 g/mol. The second-order valence-corrected chi connectivity index (χ2v) is 5.63. The quantitative estimate of drug-likeness (QED) is 0.650. The van der Waals surface area contributed by atoms with Crippen LogP contribution in [0.2, 0.25) is 0 Å².